The van der Waals surface area contributed by atoms with E-state index in [1.54, 1.807) is 23.1 Å². The molecule has 2 heterocycles. The molecular formula is C31H37BrN2O4S2. The van der Waals surface area contributed by atoms with Crippen LogP contribution in [-0.2, 0) is 25.6 Å². The summed E-state index contributed by atoms with van der Waals surface area (Å²) in [5.74, 6) is -0.241. The van der Waals surface area contributed by atoms with Gasteiger partial charge < -0.3 is 31.4 Å². The van der Waals surface area contributed by atoms with Crippen LogP contribution in [0.15, 0.2) is 70.6 Å². The highest BCUT2D eigenvalue weighted by molar-refractivity contribution is 8.03. The Balaban J connectivity index is 0.00000441. The third kappa shape index (κ3) is 8.69. The highest BCUT2D eigenvalue weighted by Crippen LogP contribution is 2.45. The minimum absolute atomic E-state index is 0. The summed E-state index contributed by atoms with van der Waals surface area (Å²) in [5, 5.41) is 2.37. The van der Waals surface area contributed by atoms with Gasteiger partial charge >= 0.3 is 11.9 Å². The third-order valence-electron chi connectivity index (χ3n) is 6.39. The largest absolute Gasteiger partial charge is 1.00 e. The van der Waals surface area contributed by atoms with Gasteiger partial charge in [-0.15, -0.1) is 0 Å². The first-order valence-electron chi connectivity index (χ1n) is 13.8. The lowest BCUT2D eigenvalue weighted by Crippen LogP contribution is -3.00. The molecule has 40 heavy (non-hydrogen) atoms. The molecule has 3 aromatic rings. The van der Waals surface area contributed by atoms with Crippen molar-refractivity contribution in [3.63, 3.8) is 0 Å². The second-order valence-corrected chi connectivity index (χ2v) is 11.3. The maximum absolute atomic E-state index is 11.7. The van der Waals surface area contributed by atoms with E-state index < -0.39 is 0 Å². The molecule has 1 aliphatic rings. The van der Waals surface area contributed by atoms with Gasteiger partial charge in [0.05, 0.1) is 23.9 Å². The number of benzene rings is 2. The van der Waals surface area contributed by atoms with Gasteiger partial charge in [0.15, 0.2) is 6.54 Å². The Kier molecular flexibility index (Phi) is 13.2. The number of fused-ring (bicyclic) bond motifs is 2. The number of carbonyl (C=O) groups is 2. The van der Waals surface area contributed by atoms with Gasteiger partial charge in [0, 0.05) is 42.8 Å². The van der Waals surface area contributed by atoms with E-state index in [4.69, 9.17) is 9.47 Å². The number of esters is 2. The molecule has 0 fully saturated rings. The number of ether oxygens (including phenoxy) is 2. The number of para-hydroxylation sites is 2. The molecule has 1 aliphatic heterocycles. The normalized spacial score (nSPS) is 13.6. The topological polar surface area (TPSA) is 59.7 Å². The van der Waals surface area contributed by atoms with E-state index in [1.807, 2.05) is 13.8 Å². The lowest BCUT2D eigenvalue weighted by Gasteiger charge is -2.20. The van der Waals surface area contributed by atoms with Crippen LogP contribution in [0.2, 0.25) is 0 Å². The Morgan fingerprint density at radius 2 is 1.57 bits per heavy atom. The summed E-state index contributed by atoms with van der Waals surface area (Å²) in [7, 11) is 0. The standard InChI is InChI=1S/C31H37N2O4S2.BrH/c1-3-36-30(34)20-9-11-22-32-24-14-5-7-16-26(24)38-28(32)18-13-19-29-33(23-12-10-21-31(35)37-4-2)25-15-6-8-17-27(25)39-29;/h5-8,13-19H,3-4,9-12,20-23H2,1-2H3;1H/q+1;/p-1. The second-order valence-electron chi connectivity index (χ2n) is 9.17. The van der Waals surface area contributed by atoms with E-state index in [1.165, 1.54) is 30.8 Å². The third-order valence-corrected chi connectivity index (χ3v) is 8.65. The molecular weight excluding hydrogens is 608 g/mol. The van der Waals surface area contributed by atoms with Crippen LogP contribution >= 0.6 is 23.1 Å². The summed E-state index contributed by atoms with van der Waals surface area (Å²) < 4.78 is 13.7. The van der Waals surface area contributed by atoms with Crippen LogP contribution in [0.25, 0.3) is 16.3 Å². The zero-order valence-corrected chi connectivity index (χ0v) is 26.4. The number of thioether (sulfide) groups is 1. The summed E-state index contributed by atoms with van der Waals surface area (Å²) in [5.41, 5.74) is 2.44. The highest BCUT2D eigenvalue weighted by Gasteiger charge is 2.24. The molecule has 6 nitrogen and oxygen atoms in total. The van der Waals surface area contributed by atoms with Crippen molar-refractivity contribution >= 4 is 57.0 Å². The number of aryl methyl sites for hydroxylation is 1. The van der Waals surface area contributed by atoms with E-state index in [2.05, 4.69) is 76.2 Å². The number of hydrogen-bond acceptors (Lipinski definition) is 7. The molecule has 0 radical (unpaired) electrons. The van der Waals surface area contributed by atoms with Gasteiger partial charge in [0.2, 0.25) is 5.52 Å². The van der Waals surface area contributed by atoms with E-state index in [9.17, 15) is 9.59 Å². The number of unbranched alkanes of at least 4 members (excludes halogenated alkanes) is 2. The van der Waals surface area contributed by atoms with Gasteiger partial charge in [-0.1, -0.05) is 53.4 Å². The number of nitrogens with zero attached hydrogens (tertiary/aromatic N) is 2. The number of aromatic nitrogens is 1. The molecule has 4 rings (SSSR count). The average molecular weight is 646 g/mol. The average Bonchev–Trinajstić information content (AvgIpc) is 3.47. The fourth-order valence-corrected chi connectivity index (χ4v) is 6.78. The van der Waals surface area contributed by atoms with Crippen LogP contribution in [0.5, 0.6) is 0 Å². The molecule has 1 aromatic heterocycles. The zero-order valence-electron chi connectivity index (χ0n) is 23.1. The van der Waals surface area contributed by atoms with Crippen molar-refractivity contribution in [2.75, 3.05) is 24.7 Å². The van der Waals surface area contributed by atoms with Crippen LogP contribution in [-0.4, -0.2) is 31.7 Å². The maximum atomic E-state index is 11.7. The second kappa shape index (κ2) is 16.6. The number of thiazole rings is 1. The van der Waals surface area contributed by atoms with Crippen LogP contribution < -0.4 is 26.4 Å². The SMILES string of the molecule is CCOC(=O)CCCCN1/C(=C/C=C/c2sc3ccccc3[n+]2CCCCC(=O)OCC)Sc2ccccc21.[Br-]. The highest BCUT2D eigenvalue weighted by atomic mass is 79.9. The van der Waals surface area contributed by atoms with E-state index in [0.29, 0.717) is 26.1 Å². The Labute approximate surface area is 255 Å². The molecule has 0 spiro atoms. The molecule has 9 heteroatoms. The van der Waals surface area contributed by atoms with E-state index >= 15 is 0 Å². The van der Waals surface area contributed by atoms with Crippen molar-refractivity contribution in [3.05, 3.63) is 70.7 Å². The molecule has 0 saturated carbocycles. The van der Waals surface area contributed by atoms with E-state index in [-0.39, 0.29) is 28.9 Å². The monoisotopic (exact) mass is 644 g/mol. The molecule has 0 bridgehead atoms. The first-order chi connectivity index (χ1) is 19.1. The predicted octanol–water partition coefficient (Wildman–Crippen LogP) is 4.13. The number of halogens is 1. The molecule has 0 amide bonds. The molecule has 214 valence electrons. The van der Waals surface area contributed by atoms with Crippen LogP contribution in [0.4, 0.5) is 5.69 Å². The fraction of sp³-hybridized carbons (Fsp3) is 0.387. The summed E-state index contributed by atoms with van der Waals surface area (Å²) in [4.78, 5) is 27.1. The van der Waals surface area contributed by atoms with Gasteiger partial charge in [0.1, 0.15) is 4.70 Å². The molecule has 2 aromatic carbocycles. The summed E-state index contributed by atoms with van der Waals surface area (Å²) in [6, 6.07) is 16.9. The minimum Gasteiger partial charge on any atom is -1.00 e. The molecule has 0 atom stereocenters. The van der Waals surface area contributed by atoms with Gasteiger partial charge in [-0.3, -0.25) is 9.59 Å². The first kappa shape index (κ1) is 31.9. The Morgan fingerprint density at radius 1 is 0.900 bits per heavy atom. The number of hydrogen-bond donors (Lipinski definition) is 0. The lowest BCUT2D eigenvalue weighted by molar-refractivity contribution is -0.669. The Bertz CT molecular complexity index is 1340. The van der Waals surface area contributed by atoms with Gasteiger partial charge in [-0.05, 0) is 57.4 Å². The van der Waals surface area contributed by atoms with Gasteiger partial charge in [0.25, 0.3) is 5.01 Å². The van der Waals surface area contributed by atoms with Crippen LogP contribution in [0.3, 0.4) is 0 Å². The summed E-state index contributed by atoms with van der Waals surface area (Å²) >= 11 is 3.56. The lowest BCUT2D eigenvalue weighted by atomic mass is 10.2. The number of carbonyl (C=O) groups excluding carboxylic acids is 2. The molecule has 0 saturated heterocycles. The molecule has 0 aliphatic carbocycles. The zero-order chi connectivity index (χ0) is 27.5. The fourth-order valence-electron chi connectivity index (χ4n) is 4.57. The quantitative estimate of drug-likeness (QED) is 0.149. The first-order valence-corrected chi connectivity index (χ1v) is 15.4. The van der Waals surface area contributed by atoms with Gasteiger partial charge in [-0.2, -0.15) is 4.57 Å². The van der Waals surface area contributed by atoms with Crippen molar-refractivity contribution in [2.45, 2.75) is 63.8 Å². The predicted molar refractivity (Wildman–Crippen MR) is 160 cm³/mol. The Morgan fingerprint density at radius 3 is 2.33 bits per heavy atom. The summed E-state index contributed by atoms with van der Waals surface area (Å²) in [6.07, 6.45) is 10.9. The van der Waals surface area contributed by atoms with Crippen molar-refractivity contribution in [1.82, 2.24) is 0 Å². The molecule has 0 unspecified atom stereocenters. The Hall–Kier alpha value is -2.62. The van der Waals surface area contributed by atoms with Crippen LogP contribution in [0, 0.1) is 0 Å². The maximum Gasteiger partial charge on any atom is 0.305 e. The van der Waals surface area contributed by atoms with Crippen molar-refractivity contribution < 1.29 is 40.6 Å². The van der Waals surface area contributed by atoms with Crippen molar-refractivity contribution in [1.29, 1.82) is 0 Å². The smallest absolute Gasteiger partial charge is 0.305 e. The van der Waals surface area contributed by atoms with Crippen molar-refractivity contribution in [3.8, 4) is 0 Å². The number of anilines is 1. The molecule has 0 N–H and O–H groups in total. The van der Waals surface area contributed by atoms with E-state index in [0.717, 1.165) is 38.8 Å². The van der Waals surface area contributed by atoms with Crippen LogP contribution in [0.1, 0.15) is 57.4 Å². The van der Waals surface area contributed by atoms with Crippen molar-refractivity contribution in [2.24, 2.45) is 0 Å². The number of allylic oxidation sites excluding steroid dienone is 2. The van der Waals surface area contributed by atoms with Gasteiger partial charge in [-0.25, -0.2) is 0 Å². The summed E-state index contributed by atoms with van der Waals surface area (Å²) in [6.45, 7) is 6.25. The minimum atomic E-state index is -0.120. The number of rotatable bonds is 14.